The second-order valence-corrected chi connectivity index (χ2v) is 6.91. The first-order valence-corrected chi connectivity index (χ1v) is 9.16. The standard InChI is InChI=1S/C19H15BrN2O2S/c1-24-16-9-2-13(3-10-16)4-11-18(23)22-19-21-17(12-25-19)14-5-7-15(20)8-6-14/h2-12H,1H3,(H,21,22,23)/b11-4+. The van der Waals surface area contributed by atoms with E-state index >= 15 is 0 Å². The summed E-state index contributed by atoms with van der Waals surface area (Å²) in [6.07, 6.45) is 3.24. The molecule has 0 bridgehead atoms. The summed E-state index contributed by atoms with van der Waals surface area (Å²) in [6, 6.07) is 15.4. The molecule has 0 radical (unpaired) electrons. The smallest absolute Gasteiger partial charge is 0.250 e. The van der Waals surface area contributed by atoms with Crippen LogP contribution in [0.15, 0.2) is 64.5 Å². The number of carbonyl (C=O) groups excluding carboxylic acids is 1. The molecule has 0 saturated carbocycles. The molecule has 1 amide bonds. The summed E-state index contributed by atoms with van der Waals surface area (Å²) in [5.41, 5.74) is 2.77. The molecule has 6 heteroatoms. The number of aromatic nitrogens is 1. The van der Waals surface area contributed by atoms with E-state index in [1.807, 2.05) is 53.9 Å². The van der Waals surface area contributed by atoms with Gasteiger partial charge in [0.1, 0.15) is 5.75 Å². The van der Waals surface area contributed by atoms with Crippen LogP contribution in [0.25, 0.3) is 17.3 Å². The molecule has 25 heavy (non-hydrogen) atoms. The molecule has 0 aliphatic carbocycles. The number of methoxy groups -OCH3 is 1. The van der Waals surface area contributed by atoms with E-state index in [4.69, 9.17) is 4.74 Å². The summed E-state index contributed by atoms with van der Waals surface area (Å²) in [4.78, 5) is 16.5. The molecule has 0 aliphatic rings. The lowest BCUT2D eigenvalue weighted by atomic mass is 10.2. The fourth-order valence-electron chi connectivity index (χ4n) is 2.12. The first-order valence-electron chi connectivity index (χ1n) is 7.48. The van der Waals surface area contributed by atoms with Gasteiger partial charge < -0.3 is 4.74 Å². The second kappa shape index (κ2) is 8.09. The van der Waals surface area contributed by atoms with Gasteiger partial charge in [-0.05, 0) is 35.9 Å². The molecule has 2 aromatic carbocycles. The zero-order chi connectivity index (χ0) is 17.6. The summed E-state index contributed by atoms with van der Waals surface area (Å²) in [7, 11) is 1.62. The van der Waals surface area contributed by atoms with Crippen molar-refractivity contribution in [3.63, 3.8) is 0 Å². The van der Waals surface area contributed by atoms with Crippen LogP contribution in [0.4, 0.5) is 5.13 Å². The van der Waals surface area contributed by atoms with Gasteiger partial charge in [0, 0.05) is 21.5 Å². The molecule has 0 atom stereocenters. The number of anilines is 1. The number of ether oxygens (including phenoxy) is 1. The summed E-state index contributed by atoms with van der Waals surface area (Å²) < 4.78 is 6.12. The Morgan fingerprint density at radius 1 is 1.16 bits per heavy atom. The first-order chi connectivity index (χ1) is 12.1. The van der Waals surface area contributed by atoms with Crippen molar-refractivity contribution in [1.82, 2.24) is 4.98 Å². The van der Waals surface area contributed by atoms with Gasteiger partial charge in [0.25, 0.3) is 0 Å². The minimum absolute atomic E-state index is 0.215. The molecule has 0 unspecified atom stereocenters. The minimum atomic E-state index is -0.215. The molecule has 1 heterocycles. The number of rotatable bonds is 5. The second-order valence-electron chi connectivity index (χ2n) is 5.14. The van der Waals surface area contributed by atoms with Gasteiger partial charge in [0.05, 0.1) is 12.8 Å². The number of amides is 1. The van der Waals surface area contributed by atoms with Crippen molar-refractivity contribution < 1.29 is 9.53 Å². The Morgan fingerprint density at radius 2 is 1.88 bits per heavy atom. The summed E-state index contributed by atoms with van der Waals surface area (Å²) >= 11 is 4.81. The summed E-state index contributed by atoms with van der Waals surface area (Å²) in [5, 5.41) is 5.28. The predicted octanol–water partition coefficient (Wildman–Crippen LogP) is 5.23. The van der Waals surface area contributed by atoms with Gasteiger partial charge in [-0.25, -0.2) is 4.98 Å². The van der Waals surface area contributed by atoms with Gasteiger partial charge in [-0.15, -0.1) is 11.3 Å². The fourth-order valence-corrected chi connectivity index (χ4v) is 3.11. The van der Waals surface area contributed by atoms with Crippen LogP contribution in [0.5, 0.6) is 5.75 Å². The number of nitrogens with one attached hydrogen (secondary N) is 1. The Hall–Kier alpha value is -2.44. The normalized spacial score (nSPS) is 10.8. The van der Waals surface area contributed by atoms with Crippen LogP contribution < -0.4 is 10.1 Å². The molecule has 0 fully saturated rings. The van der Waals surface area contributed by atoms with Crippen LogP contribution in [0, 0.1) is 0 Å². The summed E-state index contributed by atoms with van der Waals surface area (Å²) in [6.45, 7) is 0. The van der Waals surface area contributed by atoms with E-state index in [2.05, 4.69) is 26.2 Å². The Bertz CT molecular complexity index is 887. The van der Waals surface area contributed by atoms with Crippen LogP contribution in [0.3, 0.4) is 0 Å². The van der Waals surface area contributed by atoms with Crippen molar-refractivity contribution in [2.45, 2.75) is 0 Å². The zero-order valence-electron chi connectivity index (χ0n) is 13.4. The Labute approximate surface area is 158 Å². The van der Waals surface area contributed by atoms with E-state index in [0.717, 1.165) is 27.0 Å². The van der Waals surface area contributed by atoms with E-state index in [0.29, 0.717) is 5.13 Å². The minimum Gasteiger partial charge on any atom is -0.497 e. The van der Waals surface area contributed by atoms with Crippen LogP contribution in [-0.2, 0) is 4.79 Å². The van der Waals surface area contributed by atoms with E-state index in [1.54, 1.807) is 13.2 Å². The number of hydrogen-bond donors (Lipinski definition) is 1. The van der Waals surface area contributed by atoms with Crippen molar-refractivity contribution in [3.8, 4) is 17.0 Å². The predicted molar refractivity (Wildman–Crippen MR) is 106 cm³/mol. The van der Waals surface area contributed by atoms with Gasteiger partial charge in [0.2, 0.25) is 5.91 Å². The molecule has 0 aliphatic heterocycles. The van der Waals surface area contributed by atoms with Gasteiger partial charge >= 0.3 is 0 Å². The van der Waals surface area contributed by atoms with Crippen LogP contribution in [-0.4, -0.2) is 18.0 Å². The third kappa shape index (κ3) is 4.78. The average molecular weight is 415 g/mol. The highest BCUT2D eigenvalue weighted by Gasteiger charge is 2.06. The number of hydrogen-bond acceptors (Lipinski definition) is 4. The fraction of sp³-hybridized carbons (Fsp3) is 0.0526. The first kappa shape index (κ1) is 17.4. The quantitative estimate of drug-likeness (QED) is 0.581. The molecular formula is C19H15BrN2O2S. The number of halogens is 1. The highest BCUT2D eigenvalue weighted by atomic mass is 79.9. The third-order valence-corrected chi connectivity index (χ3v) is 4.70. The number of benzene rings is 2. The molecule has 0 spiro atoms. The molecule has 0 saturated heterocycles. The third-order valence-electron chi connectivity index (χ3n) is 3.42. The van der Waals surface area contributed by atoms with E-state index in [-0.39, 0.29) is 5.91 Å². The molecular weight excluding hydrogens is 400 g/mol. The SMILES string of the molecule is COc1ccc(/C=C/C(=O)Nc2nc(-c3ccc(Br)cc3)cs2)cc1. The van der Waals surface area contributed by atoms with Gasteiger partial charge in [-0.3, -0.25) is 10.1 Å². The maximum Gasteiger partial charge on any atom is 0.250 e. The number of carbonyl (C=O) groups is 1. The van der Waals surface area contributed by atoms with Gasteiger partial charge in [-0.2, -0.15) is 0 Å². The highest BCUT2D eigenvalue weighted by Crippen LogP contribution is 2.26. The van der Waals surface area contributed by atoms with E-state index in [1.165, 1.54) is 17.4 Å². The Kier molecular flexibility index (Phi) is 5.63. The lowest BCUT2D eigenvalue weighted by Crippen LogP contribution is -2.07. The lowest BCUT2D eigenvalue weighted by molar-refractivity contribution is -0.111. The Morgan fingerprint density at radius 3 is 2.56 bits per heavy atom. The largest absolute Gasteiger partial charge is 0.497 e. The average Bonchev–Trinajstić information content (AvgIpc) is 3.09. The maximum absolute atomic E-state index is 12.0. The molecule has 1 N–H and O–H groups in total. The molecule has 126 valence electrons. The van der Waals surface area contributed by atoms with E-state index < -0.39 is 0 Å². The van der Waals surface area contributed by atoms with Gasteiger partial charge in [0.15, 0.2) is 5.13 Å². The van der Waals surface area contributed by atoms with Crippen molar-refractivity contribution in [2.75, 3.05) is 12.4 Å². The maximum atomic E-state index is 12.0. The van der Waals surface area contributed by atoms with Crippen LogP contribution >= 0.6 is 27.3 Å². The molecule has 3 aromatic rings. The van der Waals surface area contributed by atoms with Crippen molar-refractivity contribution in [3.05, 3.63) is 70.0 Å². The topological polar surface area (TPSA) is 51.2 Å². The molecule has 1 aromatic heterocycles. The monoisotopic (exact) mass is 414 g/mol. The highest BCUT2D eigenvalue weighted by molar-refractivity contribution is 9.10. The zero-order valence-corrected chi connectivity index (χ0v) is 15.8. The number of thiazole rings is 1. The van der Waals surface area contributed by atoms with Crippen molar-refractivity contribution in [1.29, 1.82) is 0 Å². The van der Waals surface area contributed by atoms with Crippen LogP contribution in [0.2, 0.25) is 0 Å². The van der Waals surface area contributed by atoms with Crippen LogP contribution in [0.1, 0.15) is 5.56 Å². The lowest BCUT2D eigenvalue weighted by Gasteiger charge is -1.99. The van der Waals surface area contributed by atoms with E-state index in [9.17, 15) is 4.79 Å². The van der Waals surface area contributed by atoms with Crippen molar-refractivity contribution in [2.24, 2.45) is 0 Å². The summed E-state index contributed by atoms with van der Waals surface area (Å²) in [5.74, 6) is 0.567. The van der Waals surface area contributed by atoms with Crippen molar-refractivity contribution >= 4 is 44.4 Å². The van der Waals surface area contributed by atoms with Gasteiger partial charge in [-0.1, -0.05) is 40.2 Å². The molecule has 3 rings (SSSR count). The molecule has 4 nitrogen and oxygen atoms in total. The number of nitrogens with zero attached hydrogens (tertiary/aromatic N) is 1. The Balaban J connectivity index is 1.63.